The first-order chi connectivity index (χ1) is 12.9. The van der Waals surface area contributed by atoms with Gasteiger partial charge in [-0.05, 0) is 75.4 Å². The normalized spacial score (nSPS) is 14.5. The lowest BCUT2D eigenvalue weighted by Gasteiger charge is -2.12. The number of carbonyl (C=O) groups excluding carboxylic acids is 2. The zero-order valence-electron chi connectivity index (χ0n) is 14.9. The maximum absolute atomic E-state index is 12.3. The van der Waals surface area contributed by atoms with Gasteiger partial charge in [0.2, 0.25) is 0 Å². The number of nitrogens with zero attached hydrogens (tertiary/aromatic N) is 1. The van der Waals surface area contributed by atoms with Gasteiger partial charge in [-0.3, -0.25) is 4.79 Å². The molecule has 144 valence electrons. The molecule has 6 nitrogen and oxygen atoms in total. The third-order valence-electron chi connectivity index (χ3n) is 4.03. The van der Waals surface area contributed by atoms with Gasteiger partial charge in [0, 0.05) is 6.04 Å². The van der Waals surface area contributed by atoms with Gasteiger partial charge in [-0.25, -0.2) is 4.79 Å². The number of carbonyl (C=O) groups is 2. The topological polar surface area (TPSA) is 88.4 Å². The van der Waals surface area contributed by atoms with E-state index in [1.165, 1.54) is 6.08 Å². The Morgan fingerprint density at radius 1 is 1.30 bits per heavy atom. The molecule has 0 aliphatic heterocycles. The summed E-state index contributed by atoms with van der Waals surface area (Å²) >= 11 is 6.77. The van der Waals surface area contributed by atoms with Gasteiger partial charge in [-0.2, -0.15) is 5.26 Å². The molecule has 1 aliphatic carbocycles. The number of ether oxygens (including phenoxy) is 2. The van der Waals surface area contributed by atoms with Crippen molar-refractivity contribution < 1.29 is 19.1 Å². The van der Waals surface area contributed by atoms with E-state index in [0.29, 0.717) is 20.3 Å². The fourth-order valence-electron chi connectivity index (χ4n) is 2.78. The highest BCUT2D eigenvalue weighted by Gasteiger charge is 2.19. The molecule has 27 heavy (non-hydrogen) atoms. The second-order valence-electron chi connectivity index (χ2n) is 6.03. The van der Waals surface area contributed by atoms with Crippen molar-refractivity contribution in [3.8, 4) is 11.8 Å². The molecule has 0 spiro atoms. The minimum absolute atomic E-state index is 0.0425. The Morgan fingerprint density at radius 3 is 2.48 bits per heavy atom. The lowest BCUT2D eigenvalue weighted by molar-refractivity contribution is -0.145. The number of esters is 1. The van der Waals surface area contributed by atoms with Crippen LogP contribution in [0.3, 0.4) is 0 Å². The molecule has 0 saturated heterocycles. The zero-order valence-corrected chi connectivity index (χ0v) is 18.1. The summed E-state index contributed by atoms with van der Waals surface area (Å²) in [6, 6.07) is 5.53. The van der Waals surface area contributed by atoms with Crippen LogP contribution < -0.4 is 10.1 Å². The molecular weight excluding hydrogens is 480 g/mol. The second-order valence-corrected chi connectivity index (χ2v) is 7.74. The Morgan fingerprint density at radius 2 is 1.93 bits per heavy atom. The lowest BCUT2D eigenvalue weighted by atomic mass is 10.1. The molecule has 0 aromatic heterocycles. The summed E-state index contributed by atoms with van der Waals surface area (Å²) in [6.07, 6.45) is 5.63. The van der Waals surface area contributed by atoms with Crippen LogP contribution in [0.2, 0.25) is 0 Å². The monoisotopic (exact) mass is 498 g/mol. The molecule has 2 rings (SSSR count). The van der Waals surface area contributed by atoms with Gasteiger partial charge in [0.15, 0.2) is 6.61 Å². The van der Waals surface area contributed by atoms with Crippen molar-refractivity contribution in [2.75, 3.05) is 13.2 Å². The molecule has 0 unspecified atom stereocenters. The van der Waals surface area contributed by atoms with Gasteiger partial charge < -0.3 is 14.8 Å². The van der Waals surface area contributed by atoms with E-state index in [0.717, 1.165) is 25.7 Å². The smallest absolute Gasteiger partial charge is 0.344 e. The number of halogens is 2. The zero-order chi connectivity index (χ0) is 19.8. The summed E-state index contributed by atoms with van der Waals surface area (Å²) in [7, 11) is 0. The van der Waals surface area contributed by atoms with Gasteiger partial charge in [-0.15, -0.1) is 0 Å². The molecule has 1 fully saturated rings. The van der Waals surface area contributed by atoms with E-state index in [4.69, 9.17) is 9.47 Å². The fourth-order valence-corrected chi connectivity index (χ4v) is 4.23. The molecule has 1 aromatic carbocycles. The highest BCUT2D eigenvalue weighted by atomic mass is 79.9. The van der Waals surface area contributed by atoms with Crippen molar-refractivity contribution in [3.05, 3.63) is 32.2 Å². The number of hydrogen-bond acceptors (Lipinski definition) is 5. The van der Waals surface area contributed by atoms with Gasteiger partial charge >= 0.3 is 5.97 Å². The van der Waals surface area contributed by atoms with Crippen molar-refractivity contribution >= 4 is 49.8 Å². The molecule has 1 amide bonds. The molecule has 1 saturated carbocycles. The fraction of sp³-hybridized carbons (Fsp3) is 0.421. The highest BCUT2D eigenvalue weighted by Crippen LogP contribution is 2.35. The van der Waals surface area contributed by atoms with Crippen LogP contribution in [0.4, 0.5) is 0 Å². The third kappa shape index (κ3) is 6.36. The third-order valence-corrected chi connectivity index (χ3v) is 5.20. The van der Waals surface area contributed by atoms with Gasteiger partial charge in [-0.1, -0.05) is 12.8 Å². The first kappa shape index (κ1) is 21.5. The van der Waals surface area contributed by atoms with Crippen molar-refractivity contribution in [1.82, 2.24) is 5.32 Å². The average molecular weight is 500 g/mol. The quantitative estimate of drug-likeness (QED) is 0.346. The maximum Gasteiger partial charge on any atom is 0.344 e. The Kier molecular flexibility index (Phi) is 8.32. The van der Waals surface area contributed by atoms with E-state index >= 15 is 0 Å². The highest BCUT2D eigenvalue weighted by molar-refractivity contribution is 9.11. The van der Waals surface area contributed by atoms with Gasteiger partial charge in [0.25, 0.3) is 5.91 Å². The predicted molar refractivity (Wildman–Crippen MR) is 108 cm³/mol. The number of amides is 1. The molecule has 0 bridgehead atoms. The molecular formula is C19H20Br2N2O4. The average Bonchev–Trinajstić information content (AvgIpc) is 3.12. The van der Waals surface area contributed by atoms with Crippen molar-refractivity contribution in [2.24, 2.45) is 0 Å². The number of rotatable bonds is 7. The molecule has 0 radical (unpaired) electrons. The van der Waals surface area contributed by atoms with E-state index in [2.05, 4.69) is 37.2 Å². The summed E-state index contributed by atoms with van der Waals surface area (Å²) in [4.78, 5) is 23.7. The van der Waals surface area contributed by atoms with Crippen LogP contribution in [0, 0.1) is 11.3 Å². The molecule has 1 aliphatic rings. The van der Waals surface area contributed by atoms with Crippen LogP contribution in [-0.4, -0.2) is 31.1 Å². The first-order valence-corrected chi connectivity index (χ1v) is 10.2. The number of nitrogens with one attached hydrogen (secondary N) is 1. The maximum atomic E-state index is 12.3. The molecule has 1 aromatic rings. The van der Waals surface area contributed by atoms with Crippen molar-refractivity contribution in [1.29, 1.82) is 5.26 Å². The van der Waals surface area contributed by atoms with E-state index in [9.17, 15) is 14.9 Å². The second kappa shape index (κ2) is 10.5. The largest absolute Gasteiger partial charge is 0.480 e. The summed E-state index contributed by atoms with van der Waals surface area (Å²) in [5.74, 6) is -0.385. The SMILES string of the molecule is CCOC(=O)COc1c(Br)cc(/C=C(/C#N)C(=O)NC2CCCC2)cc1Br. The van der Waals surface area contributed by atoms with E-state index in [-0.39, 0.29) is 30.7 Å². The van der Waals surface area contributed by atoms with Crippen LogP contribution in [0.5, 0.6) is 5.75 Å². The van der Waals surface area contributed by atoms with Crippen LogP contribution in [-0.2, 0) is 14.3 Å². The molecule has 1 N–H and O–H groups in total. The van der Waals surface area contributed by atoms with Gasteiger partial charge in [0.05, 0.1) is 15.6 Å². The van der Waals surface area contributed by atoms with E-state index in [1.54, 1.807) is 19.1 Å². The number of nitriles is 1. The number of benzene rings is 1. The Labute approximate surface area is 175 Å². The predicted octanol–water partition coefficient (Wildman–Crippen LogP) is 4.12. The standard InChI is InChI=1S/C19H20Br2N2O4/c1-2-26-17(24)11-27-18-15(20)8-12(9-16(18)21)7-13(10-22)19(25)23-14-5-3-4-6-14/h7-9,14H,2-6,11H2,1H3,(H,23,25)/b13-7-. The first-order valence-electron chi connectivity index (χ1n) is 8.64. The summed E-state index contributed by atoms with van der Waals surface area (Å²) in [5.41, 5.74) is 0.691. The summed E-state index contributed by atoms with van der Waals surface area (Å²) in [6.45, 7) is 1.79. The van der Waals surface area contributed by atoms with Gasteiger partial charge in [0.1, 0.15) is 17.4 Å². The Hall–Kier alpha value is -1.85. The van der Waals surface area contributed by atoms with E-state index in [1.807, 2.05) is 6.07 Å². The van der Waals surface area contributed by atoms with E-state index < -0.39 is 5.97 Å². The lowest BCUT2D eigenvalue weighted by Crippen LogP contribution is -2.33. The summed E-state index contributed by atoms with van der Waals surface area (Å²) < 4.78 is 11.5. The number of hydrogen-bond donors (Lipinski definition) is 1. The van der Waals surface area contributed by atoms with Crippen LogP contribution in [0.15, 0.2) is 26.7 Å². The van der Waals surface area contributed by atoms with Crippen molar-refractivity contribution in [2.45, 2.75) is 38.6 Å². The molecule has 8 heteroatoms. The minimum Gasteiger partial charge on any atom is -0.480 e. The minimum atomic E-state index is -0.462. The molecule has 0 atom stereocenters. The Balaban J connectivity index is 2.12. The van der Waals surface area contributed by atoms with Crippen LogP contribution >= 0.6 is 31.9 Å². The molecule has 0 heterocycles. The van der Waals surface area contributed by atoms with Crippen LogP contribution in [0.25, 0.3) is 6.08 Å². The van der Waals surface area contributed by atoms with Crippen LogP contribution in [0.1, 0.15) is 38.2 Å². The summed E-state index contributed by atoms with van der Waals surface area (Å²) in [5, 5.41) is 12.2. The van der Waals surface area contributed by atoms with Crippen molar-refractivity contribution in [3.63, 3.8) is 0 Å². The Bertz CT molecular complexity index is 757.